The summed E-state index contributed by atoms with van der Waals surface area (Å²) in [4.78, 5) is 20.7. The number of likely N-dealkylation sites (tertiary alicyclic amines) is 1. The molecule has 3 heterocycles. The summed E-state index contributed by atoms with van der Waals surface area (Å²) in [6.45, 7) is 3.57. The Morgan fingerprint density at radius 3 is 2.51 bits per heavy atom. The third-order valence-corrected chi connectivity index (χ3v) is 10.8. The van der Waals surface area contributed by atoms with Crippen molar-refractivity contribution < 1.29 is 0 Å². The summed E-state index contributed by atoms with van der Waals surface area (Å²) in [5, 5.41) is 1.03. The number of rotatable bonds is 3. The fraction of sp³-hybridized carbons (Fsp3) is 0.529. The maximum Gasteiger partial charge on any atom is 0.282 e. The second-order valence-electron chi connectivity index (χ2n) is 12.6. The highest BCUT2D eigenvalue weighted by Gasteiger charge is 2.46. The van der Waals surface area contributed by atoms with E-state index in [0.717, 1.165) is 30.1 Å². The van der Waals surface area contributed by atoms with E-state index in [1.807, 2.05) is 12.1 Å². The second kappa shape index (κ2) is 10.1. The van der Waals surface area contributed by atoms with Crippen molar-refractivity contribution in [2.75, 3.05) is 19.6 Å². The van der Waals surface area contributed by atoms with Gasteiger partial charge in [-0.2, -0.15) is 4.98 Å². The number of hydrogen-bond acceptors (Lipinski definition) is 3. The van der Waals surface area contributed by atoms with Crippen molar-refractivity contribution in [1.29, 1.82) is 0 Å². The topological polar surface area (TPSA) is 38.1 Å². The molecule has 0 N–H and O–H groups in total. The maximum atomic E-state index is 13.2. The van der Waals surface area contributed by atoms with Crippen molar-refractivity contribution in [2.24, 2.45) is 11.8 Å². The van der Waals surface area contributed by atoms with Crippen molar-refractivity contribution in [3.05, 3.63) is 68.7 Å². The van der Waals surface area contributed by atoms with E-state index < -0.39 is 0 Å². The summed E-state index contributed by atoms with van der Waals surface area (Å²) < 4.78 is 2.29. The van der Waals surface area contributed by atoms with Crippen LogP contribution in [0.2, 0.25) is 5.02 Å². The molecule has 1 spiro atoms. The SMILES string of the molecule is C#CC1CCC(CN2CCC(c3ccc4c(c3)-n3c(nc(=O)c5c(Cl)cccc53)C43CCCCC3)CC2)CC1. The number of hydrogen-bond donors (Lipinski definition) is 0. The van der Waals surface area contributed by atoms with Crippen LogP contribution in [-0.2, 0) is 5.41 Å². The third-order valence-electron chi connectivity index (χ3n) is 10.4. The van der Waals surface area contributed by atoms with Gasteiger partial charge in [-0.3, -0.25) is 9.36 Å². The van der Waals surface area contributed by atoms with E-state index in [0.29, 0.717) is 22.2 Å². The normalized spacial score (nSPS) is 24.9. The summed E-state index contributed by atoms with van der Waals surface area (Å²) in [5.41, 5.74) is 4.54. The standard InChI is InChI=1S/C34H38ClN3O/c1-2-23-9-11-24(12-10-23)22-37-19-15-25(16-20-37)26-13-14-27-30(21-26)38-29-8-6-7-28(35)31(29)32(39)36-33(38)34(27)17-4-3-5-18-34/h1,6-8,13-14,21,23-25H,3-5,9-12,15-20,22H2. The molecule has 0 atom stereocenters. The third kappa shape index (κ3) is 4.25. The number of fused-ring (bicyclic) bond motifs is 7. The minimum absolute atomic E-state index is 0.163. The number of halogens is 1. The average molecular weight is 540 g/mol. The van der Waals surface area contributed by atoms with Gasteiger partial charge in [0.1, 0.15) is 5.82 Å². The van der Waals surface area contributed by atoms with Gasteiger partial charge in [0, 0.05) is 12.5 Å². The number of terminal acetylenes is 1. The van der Waals surface area contributed by atoms with E-state index in [4.69, 9.17) is 23.0 Å². The zero-order valence-corrected chi connectivity index (χ0v) is 23.6. The zero-order valence-electron chi connectivity index (χ0n) is 22.8. The van der Waals surface area contributed by atoms with Crippen LogP contribution in [0, 0.1) is 24.2 Å². The maximum absolute atomic E-state index is 13.2. The molecule has 1 saturated heterocycles. The van der Waals surface area contributed by atoms with Crippen molar-refractivity contribution >= 4 is 22.5 Å². The molecule has 3 aromatic rings. The molecule has 0 radical (unpaired) electrons. The van der Waals surface area contributed by atoms with Crippen molar-refractivity contribution in [1.82, 2.24) is 14.5 Å². The van der Waals surface area contributed by atoms with Gasteiger partial charge in [-0.15, -0.1) is 12.3 Å². The molecule has 2 aliphatic carbocycles. The van der Waals surface area contributed by atoms with Crippen LogP contribution in [0.1, 0.15) is 93.5 Å². The van der Waals surface area contributed by atoms with Gasteiger partial charge in [-0.05, 0) is 106 Å². The van der Waals surface area contributed by atoms with Gasteiger partial charge in [-0.1, -0.05) is 49.1 Å². The van der Waals surface area contributed by atoms with Gasteiger partial charge >= 0.3 is 0 Å². The Bertz CT molecular complexity index is 1500. The first-order valence-electron chi connectivity index (χ1n) is 15.1. The molecule has 0 unspecified atom stereocenters. The van der Waals surface area contributed by atoms with Crippen molar-refractivity contribution in [3.63, 3.8) is 0 Å². The van der Waals surface area contributed by atoms with Gasteiger partial charge in [0.25, 0.3) is 5.56 Å². The monoisotopic (exact) mass is 539 g/mol. The molecule has 4 nitrogen and oxygen atoms in total. The van der Waals surface area contributed by atoms with Crippen LogP contribution in [0.5, 0.6) is 0 Å². The smallest absolute Gasteiger partial charge is 0.282 e. The fourth-order valence-electron chi connectivity index (χ4n) is 8.28. The molecule has 202 valence electrons. The highest BCUT2D eigenvalue weighted by atomic mass is 35.5. The van der Waals surface area contributed by atoms with E-state index in [1.165, 1.54) is 94.2 Å². The summed E-state index contributed by atoms with van der Waals surface area (Å²) in [6.07, 6.45) is 18.8. The highest BCUT2D eigenvalue weighted by Crippen LogP contribution is 2.52. The molecule has 2 saturated carbocycles. The van der Waals surface area contributed by atoms with Gasteiger partial charge in [-0.25, -0.2) is 0 Å². The first-order chi connectivity index (χ1) is 19.1. The first kappa shape index (κ1) is 25.4. The molecule has 39 heavy (non-hydrogen) atoms. The molecule has 3 fully saturated rings. The van der Waals surface area contributed by atoms with Gasteiger partial charge in [0.2, 0.25) is 0 Å². The number of aromatic nitrogens is 2. The Morgan fingerprint density at radius 2 is 1.77 bits per heavy atom. The number of nitrogens with zero attached hydrogens (tertiary/aromatic N) is 3. The molecule has 2 aliphatic heterocycles. The molecular formula is C34H38ClN3O. The number of piperidine rings is 1. The lowest BCUT2D eigenvalue weighted by atomic mass is 9.69. The Hall–Kier alpha value is -2.61. The molecule has 5 heteroatoms. The molecule has 0 bridgehead atoms. The van der Waals surface area contributed by atoms with Crippen molar-refractivity contribution in [2.45, 2.75) is 82.0 Å². The largest absolute Gasteiger partial charge is 0.303 e. The van der Waals surface area contributed by atoms with E-state index >= 15 is 0 Å². The molecule has 4 aliphatic rings. The van der Waals surface area contributed by atoms with Crippen LogP contribution in [0.25, 0.3) is 16.6 Å². The predicted octanol–water partition coefficient (Wildman–Crippen LogP) is 7.22. The lowest BCUT2D eigenvalue weighted by Gasteiger charge is -2.36. The summed E-state index contributed by atoms with van der Waals surface area (Å²) in [7, 11) is 0. The summed E-state index contributed by atoms with van der Waals surface area (Å²) in [6, 6.07) is 13.0. The Morgan fingerprint density at radius 1 is 1.00 bits per heavy atom. The lowest BCUT2D eigenvalue weighted by molar-refractivity contribution is 0.158. The van der Waals surface area contributed by atoms with E-state index in [2.05, 4.69) is 33.6 Å². The summed E-state index contributed by atoms with van der Waals surface area (Å²) in [5.74, 6) is 5.78. The van der Waals surface area contributed by atoms with Gasteiger partial charge < -0.3 is 4.90 Å². The van der Waals surface area contributed by atoms with Crippen LogP contribution < -0.4 is 5.56 Å². The molecule has 0 amide bonds. The first-order valence-corrected chi connectivity index (χ1v) is 15.5. The van der Waals surface area contributed by atoms with Gasteiger partial charge in [0.15, 0.2) is 0 Å². The molecule has 7 rings (SSSR count). The number of benzene rings is 2. The summed E-state index contributed by atoms with van der Waals surface area (Å²) >= 11 is 6.55. The minimum Gasteiger partial charge on any atom is -0.303 e. The average Bonchev–Trinajstić information content (AvgIpc) is 3.22. The quantitative estimate of drug-likeness (QED) is 0.330. The Kier molecular flexibility index (Phi) is 6.57. The van der Waals surface area contributed by atoms with E-state index in [-0.39, 0.29) is 11.0 Å². The van der Waals surface area contributed by atoms with E-state index in [1.54, 1.807) is 6.07 Å². The van der Waals surface area contributed by atoms with Gasteiger partial charge in [0.05, 0.1) is 27.0 Å². The van der Waals surface area contributed by atoms with Crippen LogP contribution in [0.15, 0.2) is 41.2 Å². The highest BCUT2D eigenvalue weighted by molar-refractivity contribution is 6.35. The fourth-order valence-corrected chi connectivity index (χ4v) is 8.53. The minimum atomic E-state index is -0.194. The van der Waals surface area contributed by atoms with Crippen LogP contribution >= 0.6 is 11.6 Å². The lowest BCUT2D eigenvalue weighted by Crippen LogP contribution is -2.37. The zero-order chi connectivity index (χ0) is 26.6. The molecule has 1 aromatic heterocycles. The Balaban J connectivity index is 1.19. The van der Waals surface area contributed by atoms with Crippen LogP contribution in [0.3, 0.4) is 0 Å². The van der Waals surface area contributed by atoms with E-state index in [9.17, 15) is 4.79 Å². The van der Waals surface area contributed by atoms with Crippen LogP contribution in [-0.4, -0.2) is 34.1 Å². The molecular weight excluding hydrogens is 502 g/mol. The molecule has 2 aromatic carbocycles. The Labute approximate surface area is 236 Å². The predicted molar refractivity (Wildman–Crippen MR) is 159 cm³/mol. The van der Waals surface area contributed by atoms with Crippen molar-refractivity contribution in [3.8, 4) is 18.0 Å². The second-order valence-corrected chi connectivity index (χ2v) is 13.0. The van der Waals surface area contributed by atoms with Crippen LogP contribution in [0.4, 0.5) is 0 Å².